The molecule has 26 heavy (non-hydrogen) atoms. The summed E-state index contributed by atoms with van der Waals surface area (Å²) in [5.41, 5.74) is 1.12. The molecule has 6 nitrogen and oxygen atoms in total. The number of aryl methyl sites for hydroxylation is 1. The van der Waals surface area contributed by atoms with Crippen molar-refractivity contribution in [3.63, 3.8) is 0 Å². The van der Waals surface area contributed by atoms with Gasteiger partial charge in [-0.2, -0.15) is 5.10 Å². The molecule has 0 amide bonds. The molecular weight excluding hydrogens is 368 g/mol. The third-order valence-electron chi connectivity index (χ3n) is 3.86. The van der Waals surface area contributed by atoms with Crippen molar-refractivity contribution in [2.45, 2.75) is 19.5 Å². The average molecular weight is 389 g/mol. The zero-order valence-electron chi connectivity index (χ0n) is 14.7. The molecule has 0 bridgehead atoms. The molecule has 0 fully saturated rings. The van der Waals surface area contributed by atoms with E-state index in [4.69, 9.17) is 11.6 Å². The molecule has 0 radical (unpaired) electrons. The van der Waals surface area contributed by atoms with E-state index in [0.717, 1.165) is 21.6 Å². The Labute approximate surface area is 162 Å². The highest BCUT2D eigenvalue weighted by Gasteiger charge is 2.15. The molecule has 3 aromatic rings. The lowest BCUT2D eigenvalue weighted by Crippen LogP contribution is -2.40. The van der Waals surface area contributed by atoms with E-state index in [1.807, 2.05) is 47.4 Å². The summed E-state index contributed by atoms with van der Waals surface area (Å²) in [5, 5.41) is 12.8. The normalized spacial score (nSPS) is 12.8. The van der Waals surface area contributed by atoms with Gasteiger partial charge in [-0.05, 0) is 30.7 Å². The van der Waals surface area contributed by atoms with E-state index < -0.39 is 0 Å². The summed E-state index contributed by atoms with van der Waals surface area (Å²) in [4.78, 5) is 9.85. The fourth-order valence-electron chi connectivity index (χ4n) is 2.57. The molecule has 1 unspecified atom stereocenters. The van der Waals surface area contributed by atoms with Gasteiger partial charge >= 0.3 is 0 Å². The van der Waals surface area contributed by atoms with E-state index in [1.165, 1.54) is 4.88 Å². The number of rotatable bonds is 6. The van der Waals surface area contributed by atoms with Gasteiger partial charge < -0.3 is 10.6 Å². The van der Waals surface area contributed by atoms with E-state index in [9.17, 15) is 0 Å². The molecule has 136 valence electrons. The van der Waals surface area contributed by atoms with Crippen molar-refractivity contribution < 1.29 is 0 Å². The Kier molecular flexibility index (Phi) is 6.25. The van der Waals surface area contributed by atoms with Gasteiger partial charge in [0, 0.05) is 42.1 Å². The van der Waals surface area contributed by atoms with E-state index >= 15 is 0 Å². The maximum atomic E-state index is 6.02. The zero-order valence-corrected chi connectivity index (χ0v) is 16.3. The van der Waals surface area contributed by atoms with Gasteiger partial charge in [-0.3, -0.25) is 9.67 Å². The van der Waals surface area contributed by atoms with Crippen molar-refractivity contribution in [1.82, 2.24) is 25.4 Å². The van der Waals surface area contributed by atoms with Crippen LogP contribution < -0.4 is 10.6 Å². The number of hydrogen-bond donors (Lipinski definition) is 2. The first-order valence-corrected chi connectivity index (χ1v) is 9.45. The highest BCUT2D eigenvalue weighted by atomic mass is 35.5. The molecule has 0 saturated heterocycles. The Morgan fingerprint density at radius 2 is 2.12 bits per heavy atom. The van der Waals surface area contributed by atoms with Crippen molar-refractivity contribution in [1.29, 1.82) is 0 Å². The van der Waals surface area contributed by atoms with Crippen LogP contribution >= 0.6 is 22.9 Å². The number of benzene rings is 1. The molecule has 0 aliphatic carbocycles. The largest absolute Gasteiger partial charge is 0.354 e. The van der Waals surface area contributed by atoms with Crippen LogP contribution in [0.2, 0.25) is 5.02 Å². The fraction of sp³-hybridized carbons (Fsp3) is 0.278. The third-order valence-corrected chi connectivity index (χ3v) is 5.03. The summed E-state index contributed by atoms with van der Waals surface area (Å²) in [5.74, 6) is 0.726. The second-order valence-electron chi connectivity index (χ2n) is 5.72. The first kappa shape index (κ1) is 18.4. The minimum absolute atomic E-state index is 0.0305. The fourth-order valence-corrected chi connectivity index (χ4v) is 3.42. The van der Waals surface area contributed by atoms with Gasteiger partial charge in [0.1, 0.15) is 5.01 Å². The van der Waals surface area contributed by atoms with Gasteiger partial charge in [-0.15, -0.1) is 11.3 Å². The molecule has 0 aliphatic rings. The Hall–Kier alpha value is -2.38. The van der Waals surface area contributed by atoms with E-state index in [2.05, 4.69) is 32.6 Å². The van der Waals surface area contributed by atoms with Gasteiger partial charge in [0.15, 0.2) is 5.96 Å². The Morgan fingerprint density at radius 3 is 2.73 bits per heavy atom. The topological polar surface area (TPSA) is 67.1 Å². The Morgan fingerprint density at radius 1 is 1.31 bits per heavy atom. The maximum absolute atomic E-state index is 6.02. The van der Waals surface area contributed by atoms with Crippen LogP contribution in [0.25, 0.3) is 0 Å². The SMILES string of the molecule is CN=C(NCc1ncc(C)s1)NCC(c1ccc(Cl)cc1)n1cccn1. The summed E-state index contributed by atoms with van der Waals surface area (Å²) in [7, 11) is 1.76. The van der Waals surface area contributed by atoms with E-state index in [-0.39, 0.29) is 6.04 Å². The molecule has 8 heteroatoms. The van der Waals surface area contributed by atoms with Crippen LogP contribution in [0.4, 0.5) is 0 Å². The van der Waals surface area contributed by atoms with Gasteiger partial charge in [0.2, 0.25) is 0 Å². The first-order chi connectivity index (χ1) is 12.7. The van der Waals surface area contributed by atoms with Crippen LogP contribution in [0.3, 0.4) is 0 Å². The lowest BCUT2D eigenvalue weighted by Gasteiger charge is -2.20. The molecule has 2 heterocycles. The molecule has 1 atom stereocenters. The number of hydrogen-bond acceptors (Lipinski definition) is 4. The van der Waals surface area contributed by atoms with Gasteiger partial charge in [-0.1, -0.05) is 23.7 Å². The van der Waals surface area contributed by atoms with Gasteiger partial charge in [-0.25, -0.2) is 4.98 Å². The number of nitrogens with zero attached hydrogens (tertiary/aromatic N) is 4. The number of aromatic nitrogens is 3. The summed E-state index contributed by atoms with van der Waals surface area (Å²) < 4.78 is 1.92. The molecule has 2 aromatic heterocycles. The van der Waals surface area contributed by atoms with Gasteiger partial charge in [0.05, 0.1) is 12.6 Å². The number of thiazole rings is 1. The van der Waals surface area contributed by atoms with Crippen LogP contribution in [0.1, 0.15) is 21.5 Å². The van der Waals surface area contributed by atoms with Crippen LogP contribution in [-0.4, -0.2) is 34.3 Å². The van der Waals surface area contributed by atoms with Crippen LogP contribution in [0, 0.1) is 6.92 Å². The van der Waals surface area contributed by atoms with Crippen LogP contribution in [-0.2, 0) is 6.54 Å². The van der Waals surface area contributed by atoms with E-state index in [1.54, 1.807) is 24.6 Å². The number of guanidine groups is 1. The van der Waals surface area contributed by atoms with Crippen molar-refractivity contribution in [2.24, 2.45) is 4.99 Å². The predicted molar refractivity (Wildman–Crippen MR) is 107 cm³/mol. The minimum atomic E-state index is 0.0305. The van der Waals surface area contributed by atoms with Crippen LogP contribution in [0.5, 0.6) is 0 Å². The maximum Gasteiger partial charge on any atom is 0.191 e. The second-order valence-corrected chi connectivity index (χ2v) is 7.48. The standard InChI is InChI=1S/C18H21ClN6S/c1-13-10-21-17(26-13)12-23-18(20-2)22-11-16(25-9-3-8-24-25)14-4-6-15(19)7-5-14/h3-10,16H,11-12H2,1-2H3,(H2,20,22,23). The molecule has 2 N–H and O–H groups in total. The molecule has 1 aromatic carbocycles. The molecule has 3 rings (SSSR count). The van der Waals surface area contributed by atoms with Crippen molar-refractivity contribution in [2.75, 3.05) is 13.6 Å². The summed E-state index contributed by atoms with van der Waals surface area (Å²) in [6.45, 7) is 3.33. The molecule has 0 saturated carbocycles. The number of aliphatic imine (C=N–C) groups is 1. The minimum Gasteiger partial charge on any atom is -0.354 e. The van der Waals surface area contributed by atoms with Crippen LogP contribution in [0.15, 0.2) is 53.9 Å². The lowest BCUT2D eigenvalue weighted by molar-refractivity contribution is 0.510. The second kappa shape index (κ2) is 8.82. The summed E-state index contributed by atoms with van der Waals surface area (Å²) >= 11 is 7.70. The highest BCUT2D eigenvalue weighted by molar-refractivity contribution is 7.11. The van der Waals surface area contributed by atoms with Gasteiger partial charge in [0.25, 0.3) is 0 Å². The summed E-state index contributed by atoms with van der Waals surface area (Å²) in [6, 6.07) is 9.77. The quantitative estimate of drug-likeness (QED) is 0.502. The Bertz CT molecular complexity index is 841. The monoisotopic (exact) mass is 388 g/mol. The molecular formula is C18H21ClN6S. The highest BCUT2D eigenvalue weighted by Crippen LogP contribution is 2.19. The van der Waals surface area contributed by atoms with Crippen molar-refractivity contribution in [3.05, 3.63) is 69.4 Å². The van der Waals surface area contributed by atoms with Crippen molar-refractivity contribution >= 4 is 28.9 Å². The third kappa shape index (κ3) is 4.83. The number of nitrogens with one attached hydrogen (secondary N) is 2. The van der Waals surface area contributed by atoms with Crippen molar-refractivity contribution in [3.8, 4) is 0 Å². The Balaban J connectivity index is 1.65. The average Bonchev–Trinajstić information content (AvgIpc) is 3.31. The summed E-state index contributed by atoms with van der Waals surface area (Å²) in [6.07, 6.45) is 5.61. The smallest absolute Gasteiger partial charge is 0.191 e. The molecule has 0 spiro atoms. The molecule has 0 aliphatic heterocycles. The first-order valence-electron chi connectivity index (χ1n) is 8.26. The number of halogens is 1. The lowest BCUT2D eigenvalue weighted by atomic mass is 10.1. The predicted octanol–water partition coefficient (Wildman–Crippen LogP) is 3.26. The van der Waals surface area contributed by atoms with E-state index in [0.29, 0.717) is 13.1 Å². The zero-order chi connectivity index (χ0) is 18.4.